The summed E-state index contributed by atoms with van der Waals surface area (Å²) in [7, 11) is 2.18. The van der Waals surface area contributed by atoms with E-state index < -0.39 is 0 Å². The lowest BCUT2D eigenvalue weighted by molar-refractivity contribution is -0.0436. The minimum atomic E-state index is -0.132. The molecule has 0 aromatic rings. The molecule has 16 heavy (non-hydrogen) atoms. The Bertz CT molecular complexity index is 215. The van der Waals surface area contributed by atoms with E-state index in [-0.39, 0.29) is 11.5 Å². The first-order valence-corrected chi connectivity index (χ1v) is 6.76. The lowest BCUT2D eigenvalue weighted by Gasteiger charge is -2.42. The highest BCUT2D eigenvalue weighted by molar-refractivity contribution is 4.89. The molecule has 0 amide bonds. The molecule has 1 saturated carbocycles. The van der Waals surface area contributed by atoms with Gasteiger partial charge in [-0.25, -0.2) is 0 Å². The zero-order valence-electron chi connectivity index (χ0n) is 11.7. The van der Waals surface area contributed by atoms with E-state index in [4.69, 9.17) is 0 Å². The predicted molar refractivity (Wildman–Crippen MR) is 69.5 cm³/mol. The Morgan fingerprint density at radius 3 is 2.62 bits per heavy atom. The molecule has 2 heteroatoms. The highest BCUT2D eigenvalue weighted by atomic mass is 16.3. The van der Waals surface area contributed by atoms with Crippen LogP contribution in [0.4, 0.5) is 0 Å². The minimum absolute atomic E-state index is 0.110. The SMILES string of the molecule is CCC(C)N(C)CC1CCCC(C)(C)C1O. The molecule has 96 valence electrons. The van der Waals surface area contributed by atoms with E-state index in [9.17, 15) is 5.11 Å². The minimum Gasteiger partial charge on any atom is -0.392 e. The Labute approximate surface area is 101 Å². The van der Waals surface area contributed by atoms with E-state index in [0.29, 0.717) is 12.0 Å². The summed E-state index contributed by atoms with van der Waals surface area (Å²) in [6.45, 7) is 9.93. The van der Waals surface area contributed by atoms with Crippen molar-refractivity contribution in [3.8, 4) is 0 Å². The molecule has 2 nitrogen and oxygen atoms in total. The average Bonchev–Trinajstić information content (AvgIpc) is 2.23. The molecule has 1 rings (SSSR count). The van der Waals surface area contributed by atoms with E-state index >= 15 is 0 Å². The van der Waals surface area contributed by atoms with Gasteiger partial charge in [0.25, 0.3) is 0 Å². The van der Waals surface area contributed by atoms with Crippen LogP contribution in [-0.4, -0.2) is 35.7 Å². The first-order valence-electron chi connectivity index (χ1n) is 6.76. The summed E-state index contributed by atoms with van der Waals surface area (Å²) >= 11 is 0. The fourth-order valence-electron chi connectivity index (χ4n) is 2.82. The quantitative estimate of drug-likeness (QED) is 0.798. The molecule has 0 saturated heterocycles. The third kappa shape index (κ3) is 3.21. The molecule has 0 heterocycles. The van der Waals surface area contributed by atoms with E-state index in [2.05, 4.69) is 39.6 Å². The smallest absolute Gasteiger partial charge is 0.0631 e. The van der Waals surface area contributed by atoms with Crippen LogP contribution in [0, 0.1) is 11.3 Å². The predicted octanol–water partition coefficient (Wildman–Crippen LogP) is 2.90. The van der Waals surface area contributed by atoms with Crippen LogP contribution < -0.4 is 0 Å². The van der Waals surface area contributed by atoms with Gasteiger partial charge in [-0.05, 0) is 44.6 Å². The summed E-state index contributed by atoms with van der Waals surface area (Å²) in [5.74, 6) is 0.461. The summed E-state index contributed by atoms with van der Waals surface area (Å²) < 4.78 is 0. The fourth-order valence-corrected chi connectivity index (χ4v) is 2.82. The van der Waals surface area contributed by atoms with Gasteiger partial charge in [-0.2, -0.15) is 0 Å². The largest absolute Gasteiger partial charge is 0.392 e. The molecule has 0 aromatic heterocycles. The van der Waals surface area contributed by atoms with Crippen molar-refractivity contribution in [2.45, 2.75) is 65.5 Å². The number of aliphatic hydroxyl groups is 1. The van der Waals surface area contributed by atoms with Gasteiger partial charge >= 0.3 is 0 Å². The van der Waals surface area contributed by atoms with Gasteiger partial charge in [0, 0.05) is 12.6 Å². The Balaban J connectivity index is 2.53. The molecule has 1 fully saturated rings. The maximum Gasteiger partial charge on any atom is 0.0631 e. The third-order valence-corrected chi connectivity index (χ3v) is 4.51. The number of aliphatic hydroxyl groups excluding tert-OH is 1. The van der Waals surface area contributed by atoms with Gasteiger partial charge in [0.15, 0.2) is 0 Å². The second-order valence-corrected chi connectivity index (χ2v) is 6.28. The van der Waals surface area contributed by atoms with Crippen molar-refractivity contribution in [1.82, 2.24) is 4.90 Å². The van der Waals surface area contributed by atoms with Gasteiger partial charge in [-0.1, -0.05) is 27.2 Å². The molecule has 0 aromatic carbocycles. The van der Waals surface area contributed by atoms with Crippen LogP contribution in [0.3, 0.4) is 0 Å². The van der Waals surface area contributed by atoms with Crippen molar-refractivity contribution >= 4 is 0 Å². The van der Waals surface area contributed by atoms with E-state index in [1.54, 1.807) is 0 Å². The van der Waals surface area contributed by atoms with E-state index in [0.717, 1.165) is 13.0 Å². The fraction of sp³-hybridized carbons (Fsp3) is 1.00. The summed E-state index contributed by atoms with van der Waals surface area (Å²) in [5, 5.41) is 10.4. The average molecular weight is 227 g/mol. The van der Waals surface area contributed by atoms with Crippen LogP contribution in [0.2, 0.25) is 0 Å². The zero-order valence-corrected chi connectivity index (χ0v) is 11.7. The normalized spacial score (nSPS) is 31.7. The lowest BCUT2D eigenvalue weighted by Crippen LogP contribution is -2.45. The molecule has 0 radical (unpaired) electrons. The molecule has 3 unspecified atom stereocenters. The number of rotatable bonds is 4. The number of hydrogen-bond donors (Lipinski definition) is 1. The van der Waals surface area contributed by atoms with Crippen LogP contribution in [0.25, 0.3) is 0 Å². The maximum absolute atomic E-state index is 10.4. The van der Waals surface area contributed by atoms with Crippen molar-refractivity contribution in [2.24, 2.45) is 11.3 Å². The van der Waals surface area contributed by atoms with Gasteiger partial charge in [0.05, 0.1) is 6.10 Å². The first kappa shape index (κ1) is 14.0. The number of hydrogen-bond acceptors (Lipinski definition) is 2. The van der Waals surface area contributed by atoms with E-state index in [1.165, 1.54) is 19.3 Å². The van der Waals surface area contributed by atoms with Crippen LogP contribution in [0.15, 0.2) is 0 Å². The maximum atomic E-state index is 10.4. The van der Waals surface area contributed by atoms with Gasteiger partial charge < -0.3 is 10.0 Å². The van der Waals surface area contributed by atoms with E-state index in [1.807, 2.05) is 0 Å². The summed E-state index contributed by atoms with van der Waals surface area (Å²) in [6.07, 6.45) is 4.67. The summed E-state index contributed by atoms with van der Waals surface area (Å²) in [6, 6.07) is 0.622. The Hall–Kier alpha value is -0.0800. The second-order valence-electron chi connectivity index (χ2n) is 6.28. The molecule has 1 aliphatic rings. The molecule has 0 spiro atoms. The molecule has 0 aliphatic heterocycles. The summed E-state index contributed by atoms with van der Waals surface area (Å²) in [5.41, 5.74) is 0.110. The van der Waals surface area contributed by atoms with Crippen molar-refractivity contribution < 1.29 is 5.11 Å². The van der Waals surface area contributed by atoms with Crippen LogP contribution in [0.1, 0.15) is 53.4 Å². The van der Waals surface area contributed by atoms with Crippen molar-refractivity contribution in [2.75, 3.05) is 13.6 Å². The lowest BCUT2D eigenvalue weighted by atomic mass is 9.69. The molecular weight excluding hydrogens is 198 g/mol. The molecule has 1 aliphatic carbocycles. The summed E-state index contributed by atoms with van der Waals surface area (Å²) in [4.78, 5) is 2.40. The van der Waals surface area contributed by atoms with Crippen LogP contribution in [0.5, 0.6) is 0 Å². The highest BCUT2D eigenvalue weighted by Crippen LogP contribution is 2.39. The molecule has 3 atom stereocenters. The van der Waals surface area contributed by atoms with Crippen LogP contribution >= 0.6 is 0 Å². The standard InChI is InChI=1S/C14H29NO/c1-6-11(2)15(5)10-12-8-7-9-14(3,4)13(12)16/h11-13,16H,6-10H2,1-5H3. The van der Waals surface area contributed by atoms with Crippen molar-refractivity contribution in [1.29, 1.82) is 0 Å². The molecule has 0 bridgehead atoms. The molecule has 1 N–H and O–H groups in total. The third-order valence-electron chi connectivity index (χ3n) is 4.51. The Kier molecular flexibility index (Phi) is 4.81. The Morgan fingerprint density at radius 2 is 2.06 bits per heavy atom. The zero-order chi connectivity index (χ0) is 12.3. The van der Waals surface area contributed by atoms with Crippen molar-refractivity contribution in [3.63, 3.8) is 0 Å². The van der Waals surface area contributed by atoms with Gasteiger partial charge in [-0.15, -0.1) is 0 Å². The molecular formula is C14H29NO. The second kappa shape index (κ2) is 5.50. The Morgan fingerprint density at radius 1 is 1.44 bits per heavy atom. The van der Waals surface area contributed by atoms with Crippen molar-refractivity contribution in [3.05, 3.63) is 0 Å². The van der Waals surface area contributed by atoms with Gasteiger partial charge in [0.1, 0.15) is 0 Å². The topological polar surface area (TPSA) is 23.5 Å². The van der Waals surface area contributed by atoms with Gasteiger partial charge in [0.2, 0.25) is 0 Å². The monoisotopic (exact) mass is 227 g/mol. The van der Waals surface area contributed by atoms with Gasteiger partial charge in [-0.3, -0.25) is 0 Å². The van der Waals surface area contributed by atoms with Crippen LogP contribution in [-0.2, 0) is 0 Å². The highest BCUT2D eigenvalue weighted by Gasteiger charge is 2.38. The first-order chi connectivity index (χ1) is 7.38. The number of nitrogens with zero attached hydrogens (tertiary/aromatic N) is 1.